The lowest BCUT2D eigenvalue weighted by Gasteiger charge is -2.05. The SMILES string of the molecule is COc1cc(/C=C2/N=C(CCc3ccccc3C)OC2=O)cc(OC)c1. The summed E-state index contributed by atoms with van der Waals surface area (Å²) in [6.45, 7) is 2.07. The number of aliphatic imine (C=N–C) groups is 1. The Hall–Kier alpha value is -3.08. The first-order chi connectivity index (χ1) is 12.6. The lowest BCUT2D eigenvalue weighted by atomic mass is 10.0. The van der Waals surface area contributed by atoms with Crippen LogP contribution in [0.2, 0.25) is 0 Å². The van der Waals surface area contributed by atoms with Crippen molar-refractivity contribution in [1.29, 1.82) is 0 Å². The van der Waals surface area contributed by atoms with E-state index < -0.39 is 5.97 Å². The highest BCUT2D eigenvalue weighted by atomic mass is 16.6. The standard InChI is InChI=1S/C21H21NO4/c1-14-6-4-5-7-16(14)8-9-20-22-19(21(23)26-20)12-15-10-17(24-2)13-18(11-15)25-3/h4-7,10-13H,8-9H2,1-3H3/b19-12+. The van der Waals surface area contributed by atoms with E-state index in [4.69, 9.17) is 14.2 Å². The van der Waals surface area contributed by atoms with Gasteiger partial charge in [0.2, 0.25) is 0 Å². The number of benzene rings is 2. The molecule has 5 heteroatoms. The van der Waals surface area contributed by atoms with Crippen LogP contribution in [0.1, 0.15) is 23.1 Å². The fraction of sp³-hybridized carbons (Fsp3) is 0.238. The minimum absolute atomic E-state index is 0.278. The van der Waals surface area contributed by atoms with Gasteiger partial charge in [0.1, 0.15) is 11.5 Å². The van der Waals surface area contributed by atoms with Gasteiger partial charge < -0.3 is 14.2 Å². The number of hydrogen-bond donors (Lipinski definition) is 0. The molecule has 1 aliphatic heterocycles. The van der Waals surface area contributed by atoms with E-state index in [0.29, 0.717) is 23.8 Å². The van der Waals surface area contributed by atoms with Gasteiger partial charge in [-0.2, -0.15) is 0 Å². The van der Waals surface area contributed by atoms with Crippen LogP contribution in [0.15, 0.2) is 53.2 Å². The molecule has 0 aromatic heterocycles. The number of methoxy groups -OCH3 is 2. The predicted octanol–water partition coefficient (Wildman–Crippen LogP) is 3.94. The van der Waals surface area contributed by atoms with Crippen LogP contribution in [0.4, 0.5) is 0 Å². The Morgan fingerprint density at radius 2 is 1.73 bits per heavy atom. The molecule has 3 rings (SSSR count). The predicted molar refractivity (Wildman–Crippen MR) is 101 cm³/mol. The Morgan fingerprint density at radius 3 is 2.38 bits per heavy atom. The van der Waals surface area contributed by atoms with E-state index in [9.17, 15) is 4.79 Å². The van der Waals surface area contributed by atoms with Gasteiger partial charge in [-0.25, -0.2) is 9.79 Å². The van der Waals surface area contributed by atoms with Crippen LogP contribution in [-0.2, 0) is 16.0 Å². The van der Waals surface area contributed by atoms with Gasteiger partial charge in [0.25, 0.3) is 0 Å². The second kappa shape index (κ2) is 7.87. The summed E-state index contributed by atoms with van der Waals surface area (Å²) >= 11 is 0. The molecule has 5 nitrogen and oxygen atoms in total. The number of nitrogens with zero attached hydrogens (tertiary/aromatic N) is 1. The summed E-state index contributed by atoms with van der Waals surface area (Å²) in [6, 6.07) is 13.5. The molecule has 26 heavy (non-hydrogen) atoms. The molecule has 2 aromatic carbocycles. The van der Waals surface area contributed by atoms with Crippen LogP contribution < -0.4 is 9.47 Å². The van der Waals surface area contributed by atoms with E-state index in [1.165, 1.54) is 11.1 Å². The van der Waals surface area contributed by atoms with E-state index in [0.717, 1.165) is 12.0 Å². The number of ether oxygens (including phenoxy) is 3. The van der Waals surface area contributed by atoms with Gasteiger partial charge in [-0.1, -0.05) is 24.3 Å². The summed E-state index contributed by atoms with van der Waals surface area (Å²) in [6.07, 6.45) is 3.03. The molecule has 0 aliphatic carbocycles. The number of aryl methyl sites for hydroxylation is 2. The van der Waals surface area contributed by atoms with E-state index in [1.54, 1.807) is 26.4 Å². The quantitative estimate of drug-likeness (QED) is 0.584. The zero-order valence-corrected chi connectivity index (χ0v) is 15.1. The van der Waals surface area contributed by atoms with Crippen LogP contribution >= 0.6 is 0 Å². The second-order valence-electron chi connectivity index (χ2n) is 6.00. The zero-order chi connectivity index (χ0) is 18.5. The maximum Gasteiger partial charge on any atom is 0.363 e. The fourth-order valence-electron chi connectivity index (χ4n) is 2.76. The molecular formula is C21H21NO4. The molecule has 1 aliphatic rings. The number of cyclic esters (lactones) is 1. The van der Waals surface area contributed by atoms with Gasteiger partial charge in [0.05, 0.1) is 14.2 Å². The van der Waals surface area contributed by atoms with Crippen molar-refractivity contribution < 1.29 is 19.0 Å². The van der Waals surface area contributed by atoms with Crippen LogP contribution in [0.3, 0.4) is 0 Å². The summed E-state index contributed by atoms with van der Waals surface area (Å²) in [5, 5.41) is 0. The Kier molecular flexibility index (Phi) is 5.37. The van der Waals surface area contributed by atoms with Crippen molar-refractivity contribution in [2.24, 2.45) is 4.99 Å². The molecular weight excluding hydrogens is 330 g/mol. The first-order valence-corrected chi connectivity index (χ1v) is 8.38. The van der Waals surface area contributed by atoms with Crippen LogP contribution in [-0.4, -0.2) is 26.1 Å². The first kappa shape index (κ1) is 17.7. The highest BCUT2D eigenvalue weighted by Crippen LogP contribution is 2.25. The Labute approximate surface area is 152 Å². The second-order valence-corrected chi connectivity index (χ2v) is 6.00. The van der Waals surface area contributed by atoms with Crippen molar-refractivity contribution >= 4 is 17.9 Å². The van der Waals surface area contributed by atoms with Crippen molar-refractivity contribution in [3.8, 4) is 11.5 Å². The van der Waals surface area contributed by atoms with Gasteiger partial charge in [0.15, 0.2) is 11.6 Å². The van der Waals surface area contributed by atoms with Crippen LogP contribution in [0, 0.1) is 6.92 Å². The summed E-state index contributed by atoms with van der Waals surface area (Å²) in [5.41, 5.74) is 3.48. The first-order valence-electron chi connectivity index (χ1n) is 8.38. The monoisotopic (exact) mass is 351 g/mol. The van der Waals surface area contributed by atoms with Crippen molar-refractivity contribution in [3.05, 3.63) is 64.9 Å². The molecule has 0 fully saturated rings. The third-order valence-electron chi connectivity index (χ3n) is 4.21. The van der Waals surface area contributed by atoms with Crippen LogP contribution in [0.5, 0.6) is 11.5 Å². The molecule has 0 unspecified atom stereocenters. The fourth-order valence-corrected chi connectivity index (χ4v) is 2.76. The number of carbonyl (C=O) groups is 1. The minimum Gasteiger partial charge on any atom is -0.497 e. The molecule has 0 N–H and O–H groups in total. The molecule has 0 spiro atoms. The van der Waals surface area contributed by atoms with Gasteiger partial charge in [-0.3, -0.25) is 0 Å². The Morgan fingerprint density at radius 1 is 1.04 bits per heavy atom. The molecule has 2 aromatic rings. The smallest absolute Gasteiger partial charge is 0.363 e. The number of rotatable bonds is 6. The lowest BCUT2D eigenvalue weighted by molar-refractivity contribution is -0.130. The van der Waals surface area contributed by atoms with E-state index >= 15 is 0 Å². The average molecular weight is 351 g/mol. The highest BCUT2D eigenvalue weighted by Gasteiger charge is 2.22. The average Bonchev–Trinajstić information content (AvgIpc) is 3.00. The summed E-state index contributed by atoms with van der Waals surface area (Å²) in [7, 11) is 3.16. The number of hydrogen-bond acceptors (Lipinski definition) is 5. The Balaban J connectivity index is 1.77. The molecule has 0 amide bonds. The molecule has 1 heterocycles. The molecule has 0 bridgehead atoms. The van der Waals surface area contributed by atoms with E-state index in [-0.39, 0.29) is 5.70 Å². The molecule has 0 atom stereocenters. The normalized spacial score (nSPS) is 15.0. The minimum atomic E-state index is -0.438. The summed E-state index contributed by atoms with van der Waals surface area (Å²) in [4.78, 5) is 16.5. The largest absolute Gasteiger partial charge is 0.497 e. The summed E-state index contributed by atoms with van der Waals surface area (Å²) in [5.74, 6) is 1.29. The van der Waals surface area contributed by atoms with Gasteiger partial charge >= 0.3 is 5.97 Å². The zero-order valence-electron chi connectivity index (χ0n) is 15.1. The molecule has 0 radical (unpaired) electrons. The summed E-state index contributed by atoms with van der Waals surface area (Å²) < 4.78 is 15.8. The third kappa shape index (κ3) is 4.11. The maximum atomic E-state index is 12.1. The molecule has 0 saturated heterocycles. The highest BCUT2D eigenvalue weighted by molar-refractivity contribution is 6.07. The van der Waals surface area contributed by atoms with Gasteiger partial charge in [-0.05, 0) is 48.2 Å². The van der Waals surface area contributed by atoms with Crippen molar-refractivity contribution in [1.82, 2.24) is 0 Å². The topological polar surface area (TPSA) is 57.1 Å². The Bertz CT molecular complexity index is 861. The van der Waals surface area contributed by atoms with Crippen molar-refractivity contribution in [3.63, 3.8) is 0 Å². The van der Waals surface area contributed by atoms with Crippen molar-refractivity contribution in [2.75, 3.05) is 14.2 Å². The van der Waals surface area contributed by atoms with Crippen LogP contribution in [0.25, 0.3) is 6.08 Å². The molecule has 0 saturated carbocycles. The van der Waals surface area contributed by atoms with Crippen molar-refractivity contribution in [2.45, 2.75) is 19.8 Å². The lowest BCUT2D eigenvalue weighted by Crippen LogP contribution is -2.05. The maximum absolute atomic E-state index is 12.1. The number of carbonyl (C=O) groups excluding carboxylic acids is 1. The van der Waals surface area contributed by atoms with E-state index in [1.807, 2.05) is 24.3 Å². The van der Waals surface area contributed by atoms with E-state index in [2.05, 4.69) is 24.0 Å². The number of esters is 1. The molecule has 134 valence electrons. The third-order valence-corrected chi connectivity index (χ3v) is 4.21. The van der Waals surface area contributed by atoms with Gasteiger partial charge in [0, 0.05) is 12.5 Å². The van der Waals surface area contributed by atoms with Gasteiger partial charge in [-0.15, -0.1) is 0 Å².